The molecule has 1 fully saturated rings. The third kappa shape index (κ3) is 4.42. The minimum atomic E-state index is -0.808. The molecule has 0 radical (unpaired) electrons. The molecule has 3 heterocycles. The van der Waals surface area contributed by atoms with E-state index in [-0.39, 0.29) is 11.3 Å². The molecule has 1 aliphatic heterocycles. The lowest BCUT2D eigenvalue weighted by Crippen LogP contribution is -2.32. The van der Waals surface area contributed by atoms with E-state index in [0.29, 0.717) is 41.1 Å². The van der Waals surface area contributed by atoms with E-state index in [1.54, 1.807) is 53.9 Å². The number of aromatic nitrogens is 2. The van der Waals surface area contributed by atoms with Gasteiger partial charge in [0.15, 0.2) is 5.76 Å². The summed E-state index contributed by atoms with van der Waals surface area (Å²) in [6, 6.07) is 11.1. The second kappa shape index (κ2) is 9.71. The first kappa shape index (κ1) is 24.2. The van der Waals surface area contributed by atoms with Gasteiger partial charge in [0.05, 0.1) is 30.0 Å². The zero-order valence-corrected chi connectivity index (χ0v) is 20.2. The molecule has 35 heavy (non-hydrogen) atoms. The number of nitrogens with zero attached hydrogens (tertiary/aromatic N) is 4. The number of likely N-dealkylation sites (tertiary alicyclic amines) is 1. The number of hydrogen-bond acceptors (Lipinski definition) is 7. The Morgan fingerprint density at radius 1 is 1.14 bits per heavy atom. The summed E-state index contributed by atoms with van der Waals surface area (Å²) in [5.74, 6) is -2.19. The minimum absolute atomic E-state index is 0.000533. The number of aryl methyl sites for hydroxylation is 1. The summed E-state index contributed by atoms with van der Waals surface area (Å²) in [4.78, 5) is 46.3. The zero-order valence-electron chi connectivity index (χ0n) is 20.2. The van der Waals surface area contributed by atoms with Gasteiger partial charge in [0.2, 0.25) is 0 Å². The highest BCUT2D eigenvalue weighted by Gasteiger charge is 2.46. The molecule has 9 nitrogen and oxygen atoms in total. The number of carbonyl (C=O) groups excluding carboxylic acids is 3. The summed E-state index contributed by atoms with van der Waals surface area (Å²) in [7, 11) is 5.17. The number of pyridine rings is 1. The molecule has 1 N–H and O–H groups in total. The van der Waals surface area contributed by atoms with E-state index in [0.717, 1.165) is 6.54 Å². The Morgan fingerprint density at radius 3 is 2.51 bits per heavy atom. The van der Waals surface area contributed by atoms with E-state index in [2.05, 4.69) is 4.98 Å². The first-order valence-electron chi connectivity index (χ1n) is 11.3. The number of ketones is 1. The molecule has 0 aliphatic carbocycles. The highest BCUT2D eigenvalue weighted by Crippen LogP contribution is 2.40. The van der Waals surface area contributed by atoms with Crippen LogP contribution in [-0.4, -0.2) is 76.2 Å². The van der Waals surface area contributed by atoms with Crippen LogP contribution < -0.4 is 0 Å². The summed E-state index contributed by atoms with van der Waals surface area (Å²) in [6.45, 7) is 2.80. The maximum atomic E-state index is 13.3. The van der Waals surface area contributed by atoms with Crippen LogP contribution in [0.3, 0.4) is 0 Å². The summed E-state index contributed by atoms with van der Waals surface area (Å²) in [5, 5.41) is 11.5. The molecular formula is C26H28N4O5. The van der Waals surface area contributed by atoms with Crippen molar-refractivity contribution in [1.82, 2.24) is 19.2 Å². The molecule has 4 rings (SSSR count). The van der Waals surface area contributed by atoms with Crippen molar-refractivity contribution in [2.24, 2.45) is 0 Å². The van der Waals surface area contributed by atoms with Gasteiger partial charge in [-0.1, -0.05) is 18.2 Å². The van der Waals surface area contributed by atoms with Gasteiger partial charge in [0.1, 0.15) is 11.3 Å². The predicted molar refractivity (Wildman–Crippen MR) is 130 cm³/mol. The molecule has 0 saturated carbocycles. The Bertz CT molecular complexity index is 1320. The third-order valence-electron chi connectivity index (χ3n) is 6.12. The predicted octanol–water partition coefficient (Wildman–Crippen LogP) is 2.80. The molecule has 0 unspecified atom stereocenters. The molecule has 1 aromatic carbocycles. The highest BCUT2D eigenvalue weighted by molar-refractivity contribution is 6.46. The van der Waals surface area contributed by atoms with Gasteiger partial charge >= 0.3 is 5.97 Å². The number of carbonyl (C=O) groups is 3. The maximum absolute atomic E-state index is 13.3. The number of methoxy groups -OCH3 is 1. The molecule has 1 saturated heterocycles. The smallest absolute Gasteiger partial charge is 0.337 e. The van der Waals surface area contributed by atoms with Crippen molar-refractivity contribution < 1.29 is 24.2 Å². The summed E-state index contributed by atoms with van der Waals surface area (Å²) >= 11 is 0. The average Bonchev–Trinajstić information content (AvgIpc) is 3.31. The first-order valence-corrected chi connectivity index (χ1v) is 11.3. The van der Waals surface area contributed by atoms with Crippen LogP contribution in [0.2, 0.25) is 0 Å². The lowest BCUT2D eigenvalue weighted by atomic mass is 9.95. The number of fused-ring (bicyclic) bond motifs is 1. The average molecular weight is 477 g/mol. The molecule has 1 amide bonds. The lowest BCUT2D eigenvalue weighted by Gasteiger charge is -2.26. The molecule has 0 bridgehead atoms. The number of esters is 1. The van der Waals surface area contributed by atoms with E-state index < -0.39 is 23.7 Å². The van der Waals surface area contributed by atoms with Gasteiger partial charge in [0.25, 0.3) is 11.7 Å². The Labute approximate surface area is 203 Å². The van der Waals surface area contributed by atoms with Crippen molar-refractivity contribution in [2.45, 2.75) is 19.4 Å². The Kier molecular flexibility index (Phi) is 6.70. The number of benzene rings is 1. The Balaban J connectivity index is 1.86. The van der Waals surface area contributed by atoms with Crippen molar-refractivity contribution in [3.05, 3.63) is 76.7 Å². The quantitative estimate of drug-likeness (QED) is 0.242. The maximum Gasteiger partial charge on any atom is 0.337 e. The minimum Gasteiger partial charge on any atom is -0.505 e. The van der Waals surface area contributed by atoms with E-state index in [1.165, 1.54) is 12.0 Å². The van der Waals surface area contributed by atoms with Gasteiger partial charge in [-0.2, -0.15) is 0 Å². The molecule has 1 atom stereocenters. The van der Waals surface area contributed by atoms with Crippen LogP contribution in [0.15, 0.2) is 54.2 Å². The van der Waals surface area contributed by atoms with Gasteiger partial charge in [-0.25, -0.2) is 9.78 Å². The molecule has 0 spiro atoms. The Morgan fingerprint density at radius 2 is 1.86 bits per heavy atom. The number of aliphatic hydroxyl groups is 1. The van der Waals surface area contributed by atoms with Crippen molar-refractivity contribution in [2.75, 3.05) is 34.3 Å². The van der Waals surface area contributed by atoms with Gasteiger partial charge in [-0.3, -0.25) is 14.0 Å². The summed E-state index contributed by atoms with van der Waals surface area (Å²) in [5.41, 5.74) is 2.47. The fourth-order valence-corrected chi connectivity index (χ4v) is 4.46. The van der Waals surface area contributed by atoms with Crippen molar-refractivity contribution in [3.63, 3.8) is 0 Å². The first-order chi connectivity index (χ1) is 16.7. The number of imidazole rings is 1. The topological polar surface area (TPSA) is 104 Å². The van der Waals surface area contributed by atoms with E-state index >= 15 is 0 Å². The van der Waals surface area contributed by atoms with E-state index in [4.69, 9.17) is 4.74 Å². The second-order valence-corrected chi connectivity index (χ2v) is 8.74. The molecule has 1 aliphatic rings. The van der Waals surface area contributed by atoms with Gasteiger partial charge in [0, 0.05) is 12.7 Å². The second-order valence-electron chi connectivity index (χ2n) is 8.74. The van der Waals surface area contributed by atoms with Crippen molar-refractivity contribution in [1.29, 1.82) is 0 Å². The summed E-state index contributed by atoms with van der Waals surface area (Å²) in [6.07, 6.45) is 2.39. The zero-order chi connectivity index (χ0) is 25.3. The molecule has 3 aromatic rings. The number of amides is 1. The number of Topliss-reactive ketones (excluding diaryl/α,β-unsaturated/α-hetero) is 1. The van der Waals surface area contributed by atoms with Crippen LogP contribution in [-0.2, 0) is 14.3 Å². The van der Waals surface area contributed by atoms with Crippen LogP contribution in [0.5, 0.6) is 0 Å². The van der Waals surface area contributed by atoms with E-state index in [1.807, 2.05) is 25.1 Å². The molecular weight excluding hydrogens is 448 g/mol. The molecule has 2 aromatic heterocycles. The fourth-order valence-electron chi connectivity index (χ4n) is 4.46. The van der Waals surface area contributed by atoms with Crippen LogP contribution in [0.1, 0.15) is 39.8 Å². The monoisotopic (exact) mass is 476 g/mol. The van der Waals surface area contributed by atoms with Crippen LogP contribution in [0.25, 0.3) is 11.4 Å². The SMILES string of the molecule is COC(=O)c1ccc([C@H]2C(=C(O)c3c(C)nc4ccccn34)C(=O)C(=O)N2CCCN(C)C)cc1. The largest absolute Gasteiger partial charge is 0.505 e. The highest BCUT2D eigenvalue weighted by atomic mass is 16.5. The van der Waals surface area contributed by atoms with Crippen molar-refractivity contribution >= 4 is 29.1 Å². The lowest BCUT2D eigenvalue weighted by molar-refractivity contribution is -0.139. The van der Waals surface area contributed by atoms with Crippen LogP contribution in [0.4, 0.5) is 0 Å². The molecule has 182 valence electrons. The Hall–Kier alpha value is -3.98. The fraction of sp³-hybridized carbons (Fsp3) is 0.308. The van der Waals surface area contributed by atoms with Crippen molar-refractivity contribution in [3.8, 4) is 0 Å². The number of rotatable bonds is 7. The summed E-state index contributed by atoms with van der Waals surface area (Å²) < 4.78 is 6.47. The standard InChI is InChI=1S/C26H28N4O5/c1-16-21(29-14-6-5-8-19(29)27-16)23(31)20-22(17-9-11-18(12-10-17)26(34)35-4)30(25(33)24(20)32)15-7-13-28(2)3/h5-6,8-12,14,22,31H,7,13,15H2,1-4H3/t22-/m0/s1. The van der Waals surface area contributed by atoms with Crippen LogP contribution in [0, 0.1) is 6.92 Å². The normalized spacial score (nSPS) is 17.5. The van der Waals surface area contributed by atoms with Gasteiger partial charge < -0.3 is 19.6 Å². The number of ether oxygens (including phenoxy) is 1. The third-order valence-corrected chi connectivity index (χ3v) is 6.12. The van der Waals surface area contributed by atoms with Gasteiger partial charge in [-0.05, 0) is 63.8 Å². The van der Waals surface area contributed by atoms with E-state index in [9.17, 15) is 19.5 Å². The number of hydrogen-bond donors (Lipinski definition) is 1. The van der Waals surface area contributed by atoms with Crippen LogP contribution >= 0.6 is 0 Å². The molecule has 9 heteroatoms. The van der Waals surface area contributed by atoms with Gasteiger partial charge in [-0.15, -0.1) is 0 Å². The number of aliphatic hydroxyl groups excluding tert-OH is 1.